The first kappa shape index (κ1) is 23.8. The highest BCUT2D eigenvalue weighted by Gasteiger charge is 2.12. The van der Waals surface area contributed by atoms with Crippen LogP contribution in [-0.4, -0.2) is 22.5 Å². The molecule has 2 aromatic carbocycles. The SMILES string of the molecule is CCCCCCCOc1ccc(C(=O)NC(=S)Nc2ccc([N+](=O)[O-])cc2Br)cc1. The summed E-state index contributed by atoms with van der Waals surface area (Å²) in [5.41, 5.74) is 0.899. The number of benzene rings is 2. The summed E-state index contributed by atoms with van der Waals surface area (Å²) in [4.78, 5) is 22.7. The lowest BCUT2D eigenvalue weighted by Crippen LogP contribution is -2.34. The number of carbonyl (C=O) groups is 1. The third-order valence-electron chi connectivity index (χ3n) is 4.27. The lowest BCUT2D eigenvalue weighted by molar-refractivity contribution is -0.384. The molecule has 1 amide bonds. The van der Waals surface area contributed by atoms with Crippen molar-refractivity contribution in [3.05, 3.63) is 62.6 Å². The van der Waals surface area contributed by atoms with Crippen LogP contribution in [0.4, 0.5) is 11.4 Å². The van der Waals surface area contributed by atoms with Gasteiger partial charge in [-0.05, 0) is 64.9 Å². The Hall–Kier alpha value is -2.52. The van der Waals surface area contributed by atoms with Gasteiger partial charge in [0.2, 0.25) is 0 Å². The maximum Gasteiger partial charge on any atom is 0.270 e. The van der Waals surface area contributed by atoms with Crippen LogP contribution in [0.5, 0.6) is 5.75 Å². The number of non-ortho nitro benzene ring substituents is 1. The number of anilines is 1. The number of halogens is 1. The van der Waals surface area contributed by atoms with Gasteiger partial charge in [0.15, 0.2) is 5.11 Å². The summed E-state index contributed by atoms with van der Waals surface area (Å²) in [5.74, 6) is 0.356. The Bertz CT molecular complexity index is 890. The lowest BCUT2D eigenvalue weighted by atomic mass is 10.2. The fourth-order valence-corrected chi connectivity index (χ4v) is 3.31. The molecule has 0 aliphatic carbocycles. The summed E-state index contributed by atoms with van der Waals surface area (Å²) in [5, 5.41) is 16.3. The largest absolute Gasteiger partial charge is 0.494 e. The van der Waals surface area contributed by atoms with E-state index >= 15 is 0 Å². The number of carbonyl (C=O) groups excluding carboxylic acids is 1. The molecule has 2 aromatic rings. The maximum absolute atomic E-state index is 12.4. The van der Waals surface area contributed by atoms with Crippen LogP contribution in [0.3, 0.4) is 0 Å². The van der Waals surface area contributed by atoms with Gasteiger partial charge in [-0.15, -0.1) is 0 Å². The van der Waals surface area contributed by atoms with Gasteiger partial charge in [0.1, 0.15) is 5.75 Å². The van der Waals surface area contributed by atoms with E-state index in [2.05, 4.69) is 33.5 Å². The van der Waals surface area contributed by atoms with Crippen molar-refractivity contribution in [2.75, 3.05) is 11.9 Å². The van der Waals surface area contributed by atoms with Crippen molar-refractivity contribution < 1.29 is 14.5 Å². The maximum atomic E-state index is 12.4. The number of thiocarbonyl (C=S) groups is 1. The molecule has 0 spiro atoms. The van der Waals surface area contributed by atoms with Crippen LogP contribution in [0.1, 0.15) is 49.4 Å². The molecule has 7 nitrogen and oxygen atoms in total. The van der Waals surface area contributed by atoms with Gasteiger partial charge in [-0.1, -0.05) is 32.6 Å². The van der Waals surface area contributed by atoms with Crippen LogP contribution in [0.2, 0.25) is 0 Å². The van der Waals surface area contributed by atoms with E-state index in [1.807, 2.05) is 0 Å². The predicted molar refractivity (Wildman–Crippen MR) is 125 cm³/mol. The summed E-state index contributed by atoms with van der Waals surface area (Å²) in [6.07, 6.45) is 5.86. The van der Waals surface area contributed by atoms with Crippen molar-refractivity contribution in [1.82, 2.24) is 5.32 Å². The highest BCUT2D eigenvalue weighted by molar-refractivity contribution is 9.10. The molecule has 30 heavy (non-hydrogen) atoms. The number of hydrogen-bond acceptors (Lipinski definition) is 5. The normalized spacial score (nSPS) is 10.3. The van der Waals surface area contributed by atoms with Gasteiger partial charge in [0, 0.05) is 22.2 Å². The highest BCUT2D eigenvalue weighted by Crippen LogP contribution is 2.27. The molecule has 0 fully saturated rings. The average Bonchev–Trinajstić information content (AvgIpc) is 2.72. The highest BCUT2D eigenvalue weighted by atomic mass is 79.9. The molecule has 0 aromatic heterocycles. The first-order chi connectivity index (χ1) is 14.4. The van der Waals surface area contributed by atoms with E-state index in [-0.39, 0.29) is 16.7 Å². The molecule has 0 heterocycles. The summed E-state index contributed by atoms with van der Waals surface area (Å²) < 4.78 is 6.16. The van der Waals surface area contributed by atoms with Gasteiger partial charge >= 0.3 is 0 Å². The minimum atomic E-state index is -0.492. The molecule has 0 saturated heterocycles. The number of hydrogen-bond donors (Lipinski definition) is 2. The van der Waals surface area contributed by atoms with Crippen molar-refractivity contribution in [3.63, 3.8) is 0 Å². The number of ether oxygens (including phenoxy) is 1. The molecular formula is C21H24BrN3O4S. The topological polar surface area (TPSA) is 93.5 Å². The van der Waals surface area contributed by atoms with Crippen LogP contribution < -0.4 is 15.4 Å². The fraction of sp³-hybridized carbons (Fsp3) is 0.333. The predicted octanol–water partition coefficient (Wildman–Crippen LogP) is 5.83. The number of nitro benzene ring substituents is 1. The van der Waals surface area contributed by atoms with Crippen LogP contribution in [0.25, 0.3) is 0 Å². The van der Waals surface area contributed by atoms with Crippen LogP contribution >= 0.6 is 28.1 Å². The Morgan fingerprint density at radius 2 is 1.83 bits per heavy atom. The molecule has 2 rings (SSSR count). The van der Waals surface area contributed by atoms with Crippen molar-refractivity contribution in [2.24, 2.45) is 0 Å². The van der Waals surface area contributed by atoms with Crippen molar-refractivity contribution in [2.45, 2.75) is 39.0 Å². The van der Waals surface area contributed by atoms with E-state index in [0.29, 0.717) is 22.3 Å². The van der Waals surface area contributed by atoms with Gasteiger partial charge < -0.3 is 10.1 Å². The van der Waals surface area contributed by atoms with Crippen molar-refractivity contribution in [1.29, 1.82) is 0 Å². The van der Waals surface area contributed by atoms with Gasteiger partial charge in [-0.2, -0.15) is 0 Å². The number of unbranched alkanes of at least 4 members (excludes halogenated alkanes) is 4. The molecule has 9 heteroatoms. The smallest absolute Gasteiger partial charge is 0.270 e. The zero-order chi connectivity index (χ0) is 21.9. The number of rotatable bonds is 10. The Morgan fingerprint density at radius 3 is 2.47 bits per heavy atom. The van der Waals surface area contributed by atoms with Gasteiger partial charge in [0.05, 0.1) is 17.2 Å². The number of nitrogens with one attached hydrogen (secondary N) is 2. The fourth-order valence-electron chi connectivity index (χ4n) is 2.65. The third kappa shape index (κ3) is 7.72. The Morgan fingerprint density at radius 1 is 1.13 bits per heavy atom. The van der Waals surface area contributed by atoms with Gasteiger partial charge in [-0.3, -0.25) is 20.2 Å². The molecule has 0 aliphatic rings. The minimum absolute atomic E-state index is 0.0503. The van der Waals surface area contributed by atoms with Crippen molar-refractivity contribution in [3.8, 4) is 5.75 Å². The van der Waals surface area contributed by atoms with E-state index < -0.39 is 4.92 Å². The van der Waals surface area contributed by atoms with E-state index in [1.54, 1.807) is 24.3 Å². The lowest BCUT2D eigenvalue weighted by Gasteiger charge is -2.11. The van der Waals surface area contributed by atoms with Crippen LogP contribution in [-0.2, 0) is 0 Å². The Balaban J connectivity index is 1.82. The summed E-state index contributed by atoms with van der Waals surface area (Å²) >= 11 is 8.41. The molecular weight excluding hydrogens is 470 g/mol. The zero-order valence-electron chi connectivity index (χ0n) is 16.7. The van der Waals surface area contributed by atoms with E-state index in [0.717, 1.165) is 18.6 Å². The molecule has 2 N–H and O–H groups in total. The van der Waals surface area contributed by atoms with Gasteiger partial charge in [-0.25, -0.2) is 0 Å². The van der Waals surface area contributed by atoms with Crippen LogP contribution in [0, 0.1) is 10.1 Å². The molecule has 0 saturated carbocycles. The van der Waals surface area contributed by atoms with E-state index in [4.69, 9.17) is 17.0 Å². The molecule has 0 bridgehead atoms. The number of nitro groups is 1. The van der Waals surface area contributed by atoms with E-state index in [9.17, 15) is 14.9 Å². The second-order valence-electron chi connectivity index (χ2n) is 6.62. The quantitative estimate of drug-likeness (QED) is 0.187. The molecule has 0 aliphatic heterocycles. The Kier molecular flexibility index (Phi) is 9.69. The summed E-state index contributed by atoms with van der Waals surface area (Å²) in [6.45, 7) is 2.85. The van der Waals surface area contributed by atoms with Gasteiger partial charge in [0.25, 0.3) is 11.6 Å². The monoisotopic (exact) mass is 493 g/mol. The first-order valence-electron chi connectivity index (χ1n) is 9.70. The number of amides is 1. The second kappa shape index (κ2) is 12.2. The second-order valence-corrected chi connectivity index (χ2v) is 7.88. The molecule has 0 unspecified atom stereocenters. The summed E-state index contributed by atoms with van der Waals surface area (Å²) in [6, 6.07) is 11.1. The third-order valence-corrected chi connectivity index (χ3v) is 5.13. The minimum Gasteiger partial charge on any atom is -0.494 e. The zero-order valence-corrected chi connectivity index (χ0v) is 19.1. The van der Waals surface area contributed by atoms with Crippen molar-refractivity contribution >= 4 is 50.5 Å². The first-order valence-corrected chi connectivity index (χ1v) is 10.9. The Labute approximate surface area is 189 Å². The molecule has 0 radical (unpaired) electrons. The standard InChI is InChI=1S/C21H24BrN3O4S/c1-2-3-4-5-6-13-29-17-10-7-15(8-11-17)20(26)24-21(30)23-19-12-9-16(25(27)28)14-18(19)22/h7-12,14H,2-6,13H2,1H3,(H2,23,24,26,30). The molecule has 0 atom stereocenters. The molecule has 160 valence electrons. The van der Waals surface area contributed by atoms with Crippen LogP contribution in [0.15, 0.2) is 46.9 Å². The summed E-state index contributed by atoms with van der Waals surface area (Å²) in [7, 11) is 0. The average molecular weight is 494 g/mol. The number of nitrogens with zero attached hydrogens (tertiary/aromatic N) is 1. The van der Waals surface area contributed by atoms with E-state index in [1.165, 1.54) is 37.5 Å².